The molecule has 0 spiro atoms. The van der Waals surface area contributed by atoms with Crippen LogP contribution in [0, 0.1) is 11.3 Å². The van der Waals surface area contributed by atoms with Crippen LogP contribution in [0.4, 0.5) is 0 Å². The highest BCUT2D eigenvalue weighted by molar-refractivity contribution is 5.90. The highest BCUT2D eigenvalue weighted by Gasteiger charge is 2.45. The fourth-order valence-corrected chi connectivity index (χ4v) is 3.76. The lowest BCUT2D eigenvalue weighted by molar-refractivity contribution is -0.147. The summed E-state index contributed by atoms with van der Waals surface area (Å²) in [6.45, 7) is 4.71. The normalized spacial score (nSPS) is 27.6. The van der Waals surface area contributed by atoms with Crippen molar-refractivity contribution in [1.29, 1.82) is 0 Å². The van der Waals surface area contributed by atoms with Crippen LogP contribution in [0.5, 0.6) is 0 Å². The van der Waals surface area contributed by atoms with E-state index in [1.165, 1.54) is 0 Å². The van der Waals surface area contributed by atoms with Gasteiger partial charge in [-0.2, -0.15) is 0 Å². The van der Waals surface area contributed by atoms with Gasteiger partial charge in [-0.25, -0.2) is 0 Å². The molecular weight excluding hydrogens is 320 g/mol. The van der Waals surface area contributed by atoms with E-state index in [-0.39, 0.29) is 36.7 Å². The molecule has 3 rings (SSSR count). The Morgan fingerprint density at radius 1 is 1.28 bits per heavy atom. The second-order valence-corrected chi connectivity index (χ2v) is 7.41. The van der Waals surface area contributed by atoms with Gasteiger partial charge in [-0.15, -0.1) is 0 Å². The lowest BCUT2D eigenvalue weighted by Gasteiger charge is -2.26. The first kappa shape index (κ1) is 17.5. The van der Waals surface area contributed by atoms with E-state index in [2.05, 4.69) is 0 Å². The number of carbonyl (C=O) groups is 3. The number of rotatable bonds is 4. The predicted molar refractivity (Wildman–Crippen MR) is 91.6 cm³/mol. The Bertz CT molecular complexity index is 690. The molecule has 2 fully saturated rings. The standard InChI is InChI=1S/C19H24N2O4/c1-13(14-6-4-3-5-7-14)21-11-15(10-16(21)22)17(23)20-9-8-19(2,12-20)18(24)25/h3-7,13,15H,8-12H2,1-2H3,(H,24,25)/t13-,15+,19-/m1/s1. The van der Waals surface area contributed by atoms with E-state index >= 15 is 0 Å². The molecule has 0 unspecified atom stereocenters. The lowest BCUT2D eigenvalue weighted by atomic mass is 9.90. The quantitative estimate of drug-likeness (QED) is 0.905. The van der Waals surface area contributed by atoms with Crippen LogP contribution in [0.2, 0.25) is 0 Å². The summed E-state index contributed by atoms with van der Waals surface area (Å²) in [6.07, 6.45) is 0.662. The molecule has 1 N–H and O–H groups in total. The number of aliphatic carboxylic acids is 1. The van der Waals surface area contributed by atoms with Crippen LogP contribution < -0.4 is 0 Å². The first-order valence-corrected chi connectivity index (χ1v) is 8.68. The number of carboxylic acids is 1. The molecule has 1 aromatic carbocycles. The first-order valence-electron chi connectivity index (χ1n) is 8.68. The zero-order valence-corrected chi connectivity index (χ0v) is 14.6. The van der Waals surface area contributed by atoms with Crippen LogP contribution in [0.15, 0.2) is 30.3 Å². The number of amides is 2. The molecule has 2 amide bonds. The van der Waals surface area contributed by atoms with Crippen LogP contribution in [0.3, 0.4) is 0 Å². The molecule has 134 valence electrons. The first-order chi connectivity index (χ1) is 11.8. The molecule has 0 radical (unpaired) electrons. The van der Waals surface area contributed by atoms with Crippen LogP contribution in [-0.2, 0) is 14.4 Å². The molecule has 1 aromatic rings. The summed E-state index contributed by atoms with van der Waals surface area (Å²) in [6, 6.07) is 9.69. The highest BCUT2D eigenvalue weighted by Crippen LogP contribution is 2.34. The molecule has 0 bridgehead atoms. The maximum atomic E-state index is 12.8. The SMILES string of the molecule is C[C@H](c1ccccc1)N1C[C@@H](C(=O)N2CC[C@@](C)(C(=O)O)C2)CC1=O. The van der Waals surface area contributed by atoms with Gasteiger partial charge in [0.25, 0.3) is 0 Å². The Kier molecular flexibility index (Phi) is 4.54. The van der Waals surface area contributed by atoms with E-state index in [9.17, 15) is 19.5 Å². The fraction of sp³-hybridized carbons (Fsp3) is 0.526. The van der Waals surface area contributed by atoms with Crippen molar-refractivity contribution in [3.05, 3.63) is 35.9 Å². The maximum absolute atomic E-state index is 12.8. The van der Waals surface area contributed by atoms with Crippen LogP contribution in [0.1, 0.15) is 38.3 Å². The third kappa shape index (κ3) is 3.25. The van der Waals surface area contributed by atoms with Crippen LogP contribution >= 0.6 is 0 Å². The number of carboxylic acid groups (broad SMARTS) is 1. The van der Waals surface area contributed by atoms with Crippen molar-refractivity contribution >= 4 is 17.8 Å². The maximum Gasteiger partial charge on any atom is 0.311 e. The number of hydrogen-bond acceptors (Lipinski definition) is 3. The van der Waals surface area contributed by atoms with E-state index in [0.29, 0.717) is 19.5 Å². The van der Waals surface area contributed by atoms with Crippen LogP contribution in [-0.4, -0.2) is 52.3 Å². The molecule has 3 atom stereocenters. The minimum atomic E-state index is -0.880. The van der Waals surface area contributed by atoms with Gasteiger partial charge in [0.2, 0.25) is 11.8 Å². The van der Waals surface area contributed by atoms with Gasteiger partial charge in [0.1, 0.15) is 0 Å². The average molecular weight is 344 g/mol. The Morgan fingerprint density at radius 3 is 2.56 bits per heavy atom. The van der Waals surface area contributed by atoms with Gasteiger partial charge in [0.15, 0.2) is 0 Å². The number of hydrogen-bond donors (Lipinski definition) is 1. The monoisotopic (exact) mass is 344 g/mol. The van der Waals surface area contributed by atoms with Crippen molar-refractivity contribution in [2.75, 3.05) is 19.6 Å². The van der Waals surface area contributed by atoms with Gasteiger partial charge >= 0.3 is 5.97 Å². The van der Waals surface area contributed by atoms with E-state index in [0.717, 1.165) is 5.56 Å². The molecule has 6 nitrogen and oxygen atoms in total. The van der Waals surface area contributed by atoms with E-state index in [1.54, 1.807) is 16.7 Å². The molecule has 0 saturated carbocycles. The summed E-state index contributed by atoms with van der Waals surface area (Å²) in [5, 5.41) is 9.32. The van der Waals surface area contributed by atoms with Gasteiger partial charge in [-0.05, 0) is 25.8 Å². The third-order valence-electron chi connectivity index (χ3n) is 5.56. The highest BCUT2D eigenvalue weighted by atomic mass is 16.4. The van der Waals surface area contributed by atoms with Crippen molar-refractivity contribution in [3.8, 4) is 0 Å². The summed E-state index contributed by atoms with van der Waals surface area (Å²) in [5.74, 6) is -1.37. The number of likely N-dealkylation sites (tertiary alicyclic amines) is 2. The topological polar surface area (TPSA) is 77.9 Å². The molecule has 25 heavy (non-hydrogen) atoms. The Labute approximate surface area is 147 Å². The summed E-state index contributed by atoms with van der Waals surface area (Å²) in [4.78, 5) is 39.9. The summed E-state index contributed by atoms with van der Waals surface area (Å²) in [5.41, 5.74) is 0.165. The van der Waals surface area contributed by atoms with Gasteiger partial charge in [0.05, 0.1) is 17.4 Å². The van der Waals surface area contributed by atoms with Crippen molar-refractivity contribution in [1.82, 2.24) is 9.80 Å². The van der Waals surface area contributed by atoms with Gasteiger partial charge in [0, 0.05) is 26.1 Å². The van der Waals surface area contributed by atoms with E-state index in [1.807, 2.05) is 37.3 Å². The van der Waals surface area contributed by atoms with Gasteiger partial charge in [-0.1, -0.05) is 30.3 Å². The molecule has 2 saturated heterocycles. The molecular formula is C19H24N2O4. The molecule has 2 aliphatic heterocycles. The minimum absolute atomic E-state index is 0.0186. The Balaban J connectivity index is 1.66. The predicted octanol–water partition coefficient (Wildman–Crippen LogP) is 1.92. The summed E-state index contributed by atoms with van der Waals surface area (Å²) < 4.78 is 0. The average Bonchev–Trinajstić information content (AvgIpc) is 3.19. The number of nitrogens with zero attached hydrogens (tertiary/aromatic N) is 2. The second kappa shape index (κ2) is 6.50. The number of carbonyl (C=O) groups excluding carboxylic acids is 2. The fourth-order valence-electron chi connectivity index (χ4n) is 3.76. The lowest BCUT2D eigenvalue weighted by Crippen LogP contribution is -2.39. The second-order valence-electron chi connectivity index (χ2n) is 7.41. The van der Waals surface area contributed by atoms with E-state index in [4.69, 9.17) is 0 Å². The minimum Gasteiger partial charge on any atom is -0.481 e. The zero-order chi connectivity index (χ0) is 18.2. The molecule has 2 aliphatic rings. The van der Waals surface area contributed by atoms with Gasteiger partial charge < -0.3 is 14.9 Å². The molecule has 0 aliphatic carbocycles. The van der Waals surface area contributed by atoms with Crippen molar-refractivity contribution in [3.63, 3.8) is 0 Å². The Morgan fingerprint density at radius 2 is 1.96 bits per heavy atom. The summed E-state index contributed by atoms with van der Waals surface area (Å²) in [7, 11) is 0. The van der Waals surface area contributed by atoms with Gasteiger partial charge in [-0.3, -0.25) is 14.4 Å². The van der Waals surface area contributed by atoms with Crippen molar-refractivity contribution in [2.24, 2.45) is 11.3 Å². The van der Waals surface area contributed by atoms with Crippen molar-refractivity contribution < 1.29 is 19.5 Å². The zero-order valence-electron chi connectivity index (χ0n) is 14.6. The van der Waals surface area contributed by atoms with E-state index < -0.39 is 11.4 Å². The number of benzene rings is 1. The Hall–Kier alpha value is -2.37. The smallest absolute Gasteiger partial charge is 0.311 e. The largest absolute Gasteiger partial charge is 0.481 e. The summed E-state index contributed by atoms with van der Waals surface area (Å²) >= 11 is 0. The van der Waals surface area contributed by atoms with Crippen LogP contribution in [0.25, 0.3) is 0 Å². The molecule has 0 aromatic heterocycles. The van der Waals surface area contributed by atoms with Crippen molar-refractivity contribution in [2.45, 2.75) is 32.7 Å². The third-order valence-corrected chi connectivity index (χ3v) is 5.56. The molecule has 6 heteroatoms. The molecule has 2 heterocycles.